The van der Waals surface area contributed by atoms with Crippen LogP contribution in [0.2, 0.25) is 0 Å². The first-order valence-corrected chi connectivity index (χ1v) is 18.4. The van der Waals surface area contributed by atoms with Gasteiger partial charge in [-0.15, -0.1) is 0 Å². The lowest BCUT2D eigenvalue weighted by atomic mass is 10.0. The molecule has 0 aliphatic carbocycles. The van der Waals surface area contributed by atoms with Crippen LogP contribution in [0.1, 0.15) is 155 Å². The van der Waals surface area contributed by atoms with Gasteiger partial charge in [-0.05, 0) is 51.4 Å². The minimum atomic E-state index is -0.0188. The van der Waals surface area contributed by atoms with Gasteiger partial charge in [-0.2, -0.15) is 0 Å². The third-order valence-corrected chi connectivity index (χ3v) is 11.1. The normalized spacial score (nSPS) is 13.6. The Bertz CT molecular complexity index is 407. The zero-order valence-corrected chi connectivity index (χ0v) is 27.9. The fourth-order valence-corrected chi connectivity index (χ4v) is 8.68. The summed E-state index contributed by atoms with van der Waals surface area (Å²) in [6.45, 7) is 4.71. The molecule has 0 radical (unpaired) electrons. The largest absolute Gasteiger partial charge is 0.356 e. The Labute approximate surface area is 246 Å². The minimum absolute atomic E-state index is 0.0188. The molecule has 2 unspecified atom stereocenters. The van der Waals surface area contributed by atoms with Gasteiger partial charge in [0.05, 0.1) is 0 Å². The van der Waals surface area contributed by atoms with E-state index in [0.717, 1.165) is 23.3 Å². The average molecular weight is 579 g/mol. The summed E-state index contributed by atoms with van der Waals surface area (Å²) in [5.74, 6) is 0. The lowest BCUT2D eigenvalue weighted by Gasteiger charge is -2.20. The van der Waals surface area contributed by atoms with E-state index in [0.29, 0.717) is 0 Å². The lowest BCUT2D eigenvalue weighted by molar-refractivity contribution is -0.107. The maximum Gasteiger partial charge on any atom is 0.156 e. The van der Waals surface area contributed by atoms with Crippen molar-refractivity contribution in [3.63, 3.8) is 0 Å². The maximum absolute atomic E-state index is 5.27. The summed E-state index contributed by atoms with van der Waals surface area (Å²) >= 11 is 0. The highest BCUT2D eigenvalue weighted by Gasteiger charge is 2.14. The Morgan fingerprint density at radius 3 is 0.895 bits per heavy atom. The van der Waals surface area contributed by atoms with Crippen molar-refractivity contribution < 1.29 is 18.9 Å². The van der Waals surface area contributed by atoms with Crippen LogP contribution in [0.15, 0.2) is 0 Å². The van der Waals surface area contributed by atoms with Gasteiger partial charge < -0.3 is 18.9 Å². The van der Waals surface area contributed by atoms with Crippen LogP contribution in [-0.2, 0) is 18.9 Å². The van der Waals surface area contributed by atoms with Crippen molar-refractivity contribution >= 4 is 21.6 Å². The first-order valence-electron chi connectivity index (χ1n) is 16.1. The lowest BCUT2D eigenvalue weighted by Crippen LogP contribution is -2.12. The topological polar surface area (TPSA) is 36.9 Å². The summed E-state index contributed by atoms with van der Waals surface area (Å²) < 4.78 is 21.1. The molecular formula is C32H66O4S2. The Morgan fingerprint density at radius 2 is 0.632 bits per heavy atom. The van der Waals surface area contributed by atoms with Gasteiger partial charge in [0.1, 0.15) is 0 Å². The molecule has 0 N–H and O–H groups in total. The Hall–Kier alpha value is 0.540. The highest BCUT2D eigenvalue weighted by atomic mass is 33.1. The SMILES string of the molecule is CCCC(CCCCCCCCCC(OC)OC)SSC(CCC)CCCCCCCCCC(OC)OC. The predicted octanol–water partition coefficient (Wildman–Crippen LogP) is 11.0. The number of methoxy groups -OCH3 is 4. The van der Waals surface area contributed by atoms with Crippen LogP contribution in [0.25, 0.3) is 0 Å². The smallest absolute Gasteiger partial charge is 0.156 e. The predicted molar refractivity (Wildman–Crippen MR) is 171 cm³/mol. The van der Waals surface area contributed by atoms with E-state index in [1.54, 1.807) is 28.4 Å². The molecule has 6 heteroatoms. The molecular weight excluding hydrogens is 512 g/mol. The van der Waals surface area contributed by atoms with Crippen LogP contribution in [-0.4, -0.2) is 51.5 Å². The van der Waals surface area contributed by atoms with Gasteiger partial charge in [0, 0.05) is 38.9 Å². The fraction of sp³-hybridized carbons (Fsp3) is 1.00. The maximum atomic E-state index is 5.27. The van der Waals surface area contributed by atoms with E-state index >= 15 is 0 Å². The Balaban J connectivity index is 3.88. The molecule has 2 atom stereocenters. The Kier molecular flexibility index (Phi) is 30.9. The van der Waals surface area contributed by atoms with E-state index in [1.165, 1.54) is 128 Å². The molecule has 0 rings (SSSR count). The van der Waals surface area contributed by atoms with Gasteiger partial charge >= 0.3 is 0 Å². The molecule has 0 aromatic rings. The quantitative estimate of drug-likeness (QED) is 0.0462. The van der Waals surface area contributed by atoms with Crippen molar-refractivity contribution in [2.45, 2.75) is 178 Å². The van der Waals surface area contributed by atoms with Crippen molar-refractivity contribution in [1.29, 1.82) is 0 Å². The van der Waals surface area contributed by atoms with Gasteiger partial charge in [0.2, 0.25) is 0 Å². The standard InChI is InChI=1S/C32H66O4S2/c1-7-23-29(25-19-15-11-9-13-17-21-27-31(33-3)34-4)37-38-30(24-8-2)26-20-16-12-10-14-18-22-28-32(35-5)36-6/h29-32H,7-28H2,1-6H3. The van der Waals surface area contributed by atoms with Crippen LogP contribution in [0.4, 0.5) is 0 Å². The van der Waals surface area contributed by atoms with Crippen LogP contribution >= 0.6 is 21.6 Å². The number of hydrogen-bond donors (Lipinski definition) is 0. The highest BCUT2D eigenvalue weighted by molar-refractivity contribution is 8.77. The minimum Gasteiger partial charge on any atom is -0.356 e. The molecule has 0 aliphatic rings. The second kappa shape index (κ2) is 30.5. The molecule has 38 heavy (non-hydrogen) atoms. The highest BCUT2D eigenvalue weighted by Crippen LogP contribution is 2.39. The van der Waals surface area contributed by atoms with Gasteiger partial charge in [-0.25, -0.2) is 0 Å². The van der Waals surface area contributed by atoms with E-state index in [2.05, 4.69) is 35.4 Å². The van der Waals surface area contributed by atoms with Gasteiger partial charge in [-0.3, -0.25) is 0 Å². The molecule has 230 valence electrons. The van der Waals surface area contributed by atoms with Crippen molar-refractivity contribution in [2.75, 3.05) is 28.4 Å². The summed E-state index contributed by atoms with van der Waals surface area (Å²) in [5.41, 5.74) is 0. The van der Waals surface area contributed by atoms with Crippen molar-refractivity contribution in [1.82, 2.24) is 0 Å². The number of ether oxygens (including phenoxy) is 4. The van der Waals surface area contributed by atoms with E-state index in [1.807, 2.05) is 0 Å². The average Bonchev–Trinajstić information content (AvgIpc) is 2.93. The molecule has 0 amide bonds. The van der Waals surface area contributed by atoms with Crippen LogP contribution in [0.5, 0.6) is 0 Å². The zero-order valence-electron chi connectivity index (χ0n) is 26.3. The molecule has 0 heterocycles. The molecule has 0 spiro atoms. The molecule has 0 aromatic heterocycles. The van der Waals surface area contributed by atoms with Crippen LogP contribution < -0.4 is 0 Å². The van der Waals surface area contributed by atoms with E-state index in [4.69, 9.17) is 18.9 Å². The zero-order chi connectivity index (χ0) is 28.1. The summed E-state index contributed by atoms with van der Waals surface area (Å²) in [6.07, 6.45) is 29.1. The molecule has 0 saturated heterocycles. The molecule has 0 aliphatic heterocycles. The first-order chi connectivity index (χ1) is 18.6. The molecule has 4 nitrogen and oxygen atoms in total. The molecule has 0 aromatic carbocycles. The van der Waals surface area contributed by atoms with Crippen LogP contribution in [0, 0.1) is 0 Å². The first kappa shape index (κ1) is 38.5. The number of hydrogen-bond acceptors (Lipinski definition) is 6. The summed E-state index contributed by atoms with van der Waals surface area (Å²) in [4.78, 5) is 0. The number of rotatable bonds is 31. The third kappa shape index (κ3) is 24.3. The summed E-state index contributed by atoms with van der Waals surface area (Å²) in [5, 5.41) is 1.69. The van der Waals surface area contributed by atoms with Crippen LogP contribution in [0.3, 0.4) is 0 Å². The van der Waals surface area contributed by atoms with Gasteiger partial charge in [0.15, 0.2) is 12.6 Å². The van der Waals surface area contributed by atoms with Gasteiger partial charge in [-0.1, -0.05) is 125 Å². The molecule has 0 bridgehead atoms. The number of unbranched alkanes of at least 4 members (excludes halogenated alkanes) is 12. The summed E-state index contributed by atoms with van der Waals surface area (Å²) in [7, 11) is 11.4. The van der Waals surface area contributed by atoms with Crippen molar-refractivity contribution in [2.24, 2.45) is 0 Å². The van der Waals surface area contributed by atoms with Crippen molar-refractivity contribution in [3.05, 3.63) is 0 Å². The second-order valence-corrected chi connectivity index (χ2v) is 13.8. The third-order valence-electron chi connectivity index (χ3n) is 7.53. The fourth-order valence-electron chi connectivity index (χ4n) is 5.08. The second-order valence-electron chi connectivity index (χ2n) is 10.9. The van der Waals surface area contributed by atoms with E-state index < -0.39 is 0 Å². The molecule has 0 fully saturated rings. The Morgan fingerprint density at radius 1 is 0.368 bits per heavy atom. The van der Waals surface area contributed by atoms with Gasteiger partial charge in [0.25, 0.3) is 0 Å². The molecule has 0 saturated carbocycles. The van der Waals surface area contributed by atoms with E-state index in [-0.39, 0.29) is 12.6 Å². The monoisotopic (exact) mass is 578 g/mol. The van der Waals surface area contributed by atoms with Crippen molar-refractivity contribution in [3.8, 4) is 0 Å². The summed E-state index contributed by atoms with van der Waals surface area (Å²) in [6, 6.07) is 0. The van der Waals surface area contributed by atoms with E-state index in [9.17, 15) is 0 Å².